The van der Waals surface area contributed by atoms with Crippen LogP contribution < -0.4 is 5.32 Å². The lowest BCUT2D eigenvalue weighted by Gasteiger charge is -2.14. The van der Waals surface area contributed by atoms with Gasteiger partial charge < -0.3 is 14.3 Å². The lowest BCUT2D eigenvalue weighted by molar-refractivity contribution is 0.0995. The van der Waals surface area contributed by atoms with E-state index in [9.17, 15) is 17.6 Å². The van der Waals surface area contributed by atoms with E-state index in [2.05, 4.69) is 15.5 Å². The molecule has 3 aromatic rings. The van der Waals surface area contributed by atoms with E-state index >= 15 is 0 Å². The first-order valence-electron chi connectivity index (χ1n) is 11.5. The smallest absolute Gasteiger partial charge is 0.291 e. The standard InChI is InChI=1S/C23H26FN5O4S/c1-15-20(34(31,32)28-10-5-6-11-28)14-19(33-15)23(30)25-18-13-16(8-9-17(18)24)22-27-26-21-7-3-2-4-12-29(21)22/h8-9,13-14H,2-7,10-12H2,1H3,(H,25,30). The molecule has 2 aliphatic heterocycles. The number of carbonyl (C=O) groups excluding carboxylic acids is 1. The lowest BCUT2D eigenvalue weighted by Crippen LogP contribution is -2.28. The fourth-order valence-corrected chi connectivity index (χ4v) is 6.22. The number of nitrogens with one attached hydrogen (secondary N) is 1. The summed E-state index contributed by atoms with van der Waals surface area (Å²) in [5.41, 5.74) is 0.580. The van der Waals surface area contributed by atoms with Crippen molar-refractivity contribution in [1.82, 2.24) is 19.1 Å². The predicted molar refractivity (Wildman–Crippen MR) is 122 cm³/mol. The zero-order valence-electron chi connectivity index (χ0n) is 18.9. The van der Waals surface area contributed by atoms with E-state index in [-0.39, 0.29) is 22.1 Å². The summed E-state index contributed by atoms with van der Waals surface area (Å²) in [4.78, 5) is 12.8. The maximum absolute atomic E-state index is 14.6. The molecule has 0 unspecified atom stereocenters. The van der Waals surface area contributed by atoms with Crippen molar-refractivity contribution in [3.63, 3.8) is 0 Å². The van der Waals surface area contributed by atoms with Crippen LogP contribution >= 0.6 is 0 Å². The van der Waals surface area contributed by atoms with Crippen LogP contribution in [-0.2, 0) is 23.0 Å². The largest absolute Gasteiger partial charge is 0.455 e. The van der Waals surface area contributed by atoms with Gasteiger partial charge >= 0.3 is 0 Å². The number of benzene rings is 1. The second kappa shape index (κ2) is 8.95. The van der Waals surface area contributed by atoms with Crippen molar-refractivity contribution in [2.75, 3.05) is 18.4 Å². The number of aryl methyl sites for hydroxylation is 2. The van der Waals surface area contributed by atoms with Crippen molar-refractivity contribution in [2.45, 2.75) is 56.9 Å². The first kappa shape index (κ1) is 22.7. The summed E-state index contributed by atoms with van der Waals surface area (Å²) in [6.45, 7) is 3.17. The Morgan fingerprint density at radius 3 is 2.62 bits per heavy atom. The Balaban J connectivity index is 1.40. The van der Waals surface area contributed by atoms with Crippen molar-refractivity contribution >= 4 is 21.6 Å². The number of anilines is 1. The number of hydrogen-bond acceptors (Lipinski definition) is 6. The number of rotatable bonds is 5. The highest BCUT2D eigenvalue weighted by molar-refractivity contribution is 7.89. The Morgan fingerprint density at radius 1 is 1.06 bits per heavy atom. The monoisotopic (exact) mass is 487 g/mol. The topological polar surface area (TPSA) is 110 Å². The van der Waals surface area contributed by atoms with Crippen molar-refractivity contribution in [2.24, 2.45) is 0 Å². The summed E-state index contributed by atoms with van der Waals surface area (Å²) >= 11 is 0. The molecule has 180 valence electrons. The maximum Gasteiger partial charge on any atom is 0.291 e. The van der Waals surface area contributed by atoms with E-state index < -0.39 is 21.7 Å². The van der Waals surface area contributed by atoms with E-state index in [0.717, 1.165) is 50.9 Å². The van der Waals surface area contributed by atoms with Crippen molar-refractivity contribution < 1.29 is 22.0 Å². The zero-order valence-corrected chi connectivity index (χ0v) is 19.7. The summed E-state index contributed by atoms with van der Waals surface area (Å²) in [6, 6.07) is 5.58. The van der Waals surface area contributed by atoms with Gasteiger partial charge in [-0.05, 0) is 50.8 Å². The maximum atomic E-state index is 14.6. The molecule has 34 heavy (non-hydrogen) atoms. The molecule has 5 rings (SSSR count). The van der Waals surface area contributed by atoms with Gasteiger partial charge in [-0.15, -0.1) is 10.2 Å². The lowest BCUT2D eigenvalue weighted by atomic mass is 10.1. The first-order valence-corrected chi connectivity index (χ1v) is 12.9. The molecule has 4 heterocycles. The molecule has 0 spiro atoms. The number of hydrogen-bond donors (Lipinski definition) is 1. The number of sulfonamides is 1. The molecular weight excluding hydrogens is 461 g/mol. The third-order valence-electron chi connectivity index (χ3n) is 6.36. The van der Waals surface area contributed by atoms with Gasteiger partial charge in [-0.25, -0.2) is 12.8 Å². The Hall–Kier alpha value is -3.05. The third kappa shape index (κ3) is 4.14. The number of amides is 1. The summed E-state index contributed by atoms with van der Waals surface area (Å²) < 4.78 is 49.2. The Kier molecular flexibility index (Phi) is 5.98. The molecule has 2 aliphatic rings. The Labute approximate surface area is 197 Å². The summed E-state index contributed by atoms with van der Waals surface area (Å²) in [5, 5.41) is 11.1. The van der Waals surface area contributed by atoms with Crippen molar-refractivity contribution in [3.05, 3.63) is 47.4 Å². The van der Waals surface area contributed by atoms with Crippen LogP contribution in [0.1, 0.15) is 54.2 Å². The van der Waals surface area contributed by atoms with Crippen LogP contribution in [0.2, 0.25) is 0 Å². The Bertz CT molecular complexity index is 1340. The molecule has 1 fully saturated rings. The Morgan fingerprint density at radius 2 is 1.82 bits per heavy atom. The molecule has 0 atom stereocenters. The van der Waals surface area contributed by atoms with Gasteiger partial charge in [0, 0.05) is 37.7 Å². The van der Waals surface area contributed by atoms with Crippen LogP contribution in [0.25, 0.3) is 11.4 Å². The van der Waals surface area contributed by atoms with Gasteiger partial charge in [-0.3, -0.25) is 4.79 Å². The highest BCUT2D eigenvalue weighted by Gasteiger charge is 2.32. The summed E-state index contributed by atoms with van der Waals surface area (Å²) in [5.74, 6) is 0.0947. The number of carbonyl (C=O) groups is 1. The minimum atomic E-state index is -3.74. The fourth-order valence-electron chi connectivity index (χ4n) is 4.54. The molecule has 1 amide bonds. The predicted octanol–water partition coefficient (Wildman–Crippen LogP) is 3.75. The van der Waals surface area contributed by atoms with Gasteiger partial charge in [0.25, 0.3) is 5.91 Å². The second-order valence-electron chi connectivity index (χ2n) is 8.69. The van der Waals surface area contributed by atoms with Crippen molar-refractivity contribution in [1.29, 1.82) is 0 Å². The molecule has 1 aromatic carbocycles. The molecule has 0 radical (unpaired) electrons. The third-order valence-corrected chi connectivity index (χ3v) is 8.37. The van der Waals surface area contributed by atoms with E-state index in [1.807, 2.05) is 4.57 Å². The second-order valence-corrected chi connectivity index (χ2v) is 10.6. The number of fused-ring (bicyclic) bond motifs is 1. The molecule has 0 aliphatic carbocycles. The average molecular weight is 488 g/mol. The highest BCUT2D eigenvalue weighted by Crippen LogP contribution is 2.29. The molecule has 9 nitrogen and oxygen atoms in total. The molecule has 0 saturated carbocycles. The number of halogens is 1. The zero-order chi connectivity index (χ0) is 23.9. The van der Waals surface area contributed by atoms with Gasteiger partial charge in [-0.2, -0.15) is 4.31 Å². The van der Waals surface area contributed by atoms with E-state index in [1.54, 1.807) is 6.07 Å². The van der Waals surface area contributed by atoms with Gasteiger partial charge in [0.2, 0.25) is 10.0 Å². The summed E-state index contributed by atoms with van der Waals surface area (Å²) in [7, 11) is -3.74. The quantitative estimate of drug-likeness (QED) is 0.587. The minimum absolute atomic E-state index is 0.0417. The van der Waals surface area contributed by atoms with Crippen LogP contribution in [0.5, 0.6) is 0 Å². The number of furan rings is 1. The number of nitrogens with zero attached hydrogens (tertiary/aromatic N) is 4. The van der Waals surface area contributed by atoms with E-state index in [4.69, 9.17) is 4.42 Å². The molecule has 1 saturated heterocycles. The molecule has 1 N–H and O–H groups in total. The fraction of sp³-hybridized carbons (Fsp3) is 0.435. The first-order chi connectivity index (χ1) is 16.3. The SMILES string of the molecule is Cc1oc(C(=O)Nc2cc(-c3nnc4n3CCCCC4)ccc2F)cc1S(=O)(=O)N1CCCC1. The van der Waals surface area contributed by atoms with Crippen LogP contribution in [0.15, 0.2) is 33.6 Å². The normalized spacial score (nSPS) is 16.9. The van der Waals surface area contributed by atoms with Crippen molar-refractivity contribution in [3.8, 4) is 11.4 Å². The number of aromatic nitrogens is 3. The summed E-state index contributed by atoms with van der Waals surface area (Å²) in [6.07, 6.45) is 5.64. The van der Waals surface area contributed by atoms with Gasteiger partial charge in [0.05, 0.1) is 5.69 Å². The average Bonchev–Trinajstić information content (AvgIpc) is 3.54. The van der Waals surface area contributed by atoms with Crippen LogP contribution in [0.3, 0.4) is 0 Å². The van der Waals surface area contributed by atoms with E-state index in [1.165, 1.54) is 29.4 Å². The van der Waals surface area contributed by atoms with Crippen LogP contribution in [0.4, 0.5) is 10.1 Å². The molecule has 0 bridgehead atoms. The minimum Gasteiger partial charge on any atom is -0.455 e. The van der Waals surface area contributed by atoms with Gasteiger partial charge in [0.15, 0.2) is 11.6 Å². The highest BCUT2D eigenvalue weighted by atomic mass is 32.2. The molecule has 2 aromatic heterocycles. The molecular formula is C23H26FN5O4S. The van der Waals surface area contributed by atoms with Crippen LogP contribution in [-0.4, -0.2) is 46.5 Å². The van der Waals surface area contributed by atoms with E-state index in [0.29, 0.717) is 24.5 Å². The van der Waals surface area contributed by atoms with Gasteiger partial charge in [0.1, 0.15) is 22.3 Å². The van der Waals surface area contributed by atoms with Crippen LogP contribution in [0, 0.1) is 12.7 Å². The molecule has 11 heteroatoms. The van der Waals surface area contributed by atoms with Gasteiger partial charge in [-0.1, -0.05) is 6.42 Å².